The Hall–Kier alpha value is -1.60. The van der Waals surface area contributed by atoms with Crippen LogP contribution in [0.5, 0.6) is 11.5 Å². The summed E-state index contributed by atoms with van der Waals surface area (Å²) in [5, 5.41) is 10.3. The number of methoxy groups -OCH3 is 1. The highest BCUT2D eigenvalue weighted by Crippen LogP contribution is 2.24. The van der Waals surface area contributed by atoms with Gasteiger partial charge in [0, 0.05) is 30.2 Å². The third kappa shape index (κ3) is 5.45. The Kier molecular flexibility index (Phi) is 6.91. The fourth-order valence-electron chi connectivity index (χ4n) is 2.98. The zero-order valence-electron chi connectivity index (χ0n) is 14.8. The van der Waals surface area contributed by atoms with E-state index in [-0.39, 0.29) is 12.7 Å². The molecule has 2 aromatic carbocycles. The molecule has 5 nitrogen and oxygen atoms in total. The zero-order valence-corrected chi connectivity index (χ0v) is 16.4. The summed E-state index contributed by atoms with van der Waals surface area (Å²) in [6.45, 7) is 3.03. The number of hydrogen-bond donors (Lipinski definition) is 1. The van der Waals surface area contributed by atoms with Crippen molar-refractivity contribution in [1.29, 1.82) is 0 Å². The van der Waals surface area contributed by atoms with Gasteiger partial charge in [-0.2, -0.15) is 0 Å². The molecule has 1 heterocycles. The molecule has 1 N–H and O–H groups in total. The molecule has 2 unspecified atom stereocenters. The van der Waals surface area contributed by atoms with Crippen molar-refractivity contribution < 1.29 is 19.3 Å². The molecular formula is C20H24BrNO4. The second-order valence-corrected chi connectivity index (χ2v) is 7.23. The predicted octanol–water partition coefficient (Wildman–Crippen LogP) is 3.27. The maximum atomic E-state index is 10.3. The number of rotatable bonds is 7. The third-order valence-electron chi connectivity index (χ3n) is 4.34. The van der Waals surface area contributed by atoms with Crippen LogP contribution >= 0.6 is 15.9 Å². The number of halogens is 1. The summed E-state index contributed by atoms with van der Waals surface area (Å²) in [4.78, 5) is 2.22. The first-order valence-corrected chi connectivity index (χ1v) is 9.47. The van der Waals surface area contributed by atoms with Crippen molar-refractivity contribution in [3.8, 4) is 11.5 Å². The average molecular weight is 422 g/mol. The van der Waals surface area contributed by atoms with Gasteiger partial charge in [-0.25, -0.2) is 0 Å². The summed E-state index contributed by atoms with van der Waals surface area (Å²) in [6.07, 6.45) is -0.534. The Balaban J connectivity index is 1.48. The molecular weight excluding hydrogens is 398 g/mol. The van der Waals surface area contributed by atoms with Crippen molar-refractivity contribution in [1.82, 2.24) is 4.90 Å². The van der Waals surface area contributed by atoms with Gasteiger partial charge in [0.1, 0.15) is 24.2 Å². The number of ether oxygens (including phenoxy) is 3. The van der Waals surface area contributed by atoms with Gasteiger partial charge < -0.3 is 19.3 Å². The average Bonchev–Trinajstić information content (AvgIpc) is 2.67. The van der Waals surface area contributed by atoms with Crippen LogP contribution in [0.2, 0.25) is 0 Å². The van der Waals surface area contributed by atoms with Crippen LogP contribution in [0.1, 0.15) is 11.7 Å². The number of nitrogens with zero attached hydrogens (tertiary/aromatic N) is 1. The van der Waals surface area contributed by atoms with E-state index in [4.69, 9.17) is 14.2 Å². The van der Waals surface area contributed by atoms with Crippen LogP contribution in [0.15, 0.2) is 53.0 Å². The number of aliphatic hydroxyl groups excluding tert-OH is 1. The van der Waals surface area contributed by atoms with Crippen LogP contribution in [0.25, 0.3) is 0 Å². The first-order chi connectivity index (χ1) is 12.6. The lowest BCUT2D eigenvalue weighted by atomic mass is 10.1. The van der Waals surface area contributed by atoms with E-state index in [0.717, 1.165) is 28.9 Å². The quantitative estimate of drug-likeness (QED) is 0.743. The molecule has 140 valence electrons. The second-order valence-electron chi connectivity index (χ2n) is 6.31. The molecule has 26 heavy (non-hydrogen) atoms. The molecule has 1 aliphatic heterocycles. The molecule has 1 fully saturated rings. The minimum Gasteiger partial charge on any atom is -0.497 e. The standard InChI is InChI=1S/C20H24BrNO4/c1-24-18-3-2-4-19(11-18)26-14-17(23)12-22-9-10-25-20(13-22)15-5-7-16(21)8-6-15/h2-8,11,17,20,23H,9-10,12-14H2,1H3. The van der Waals surface area contributed by atoms with Crippen LogP contribution in [-0.2, 0) is 4.74 Å². The van der Waals surface area contributed by atoms with Crippen molar-refractivity contribution in [3.05, 3.63) is 58.6 Å². The van der Waals surface area contributed by atoms with E-state index in [2.05, 4.69) is 33.0 Å². The molecule has 2 atom stereocenters. The highest BCUT2D eigenvalue weighted by atomic mass is 79.9. The number of benzene rings is 2. The summed E-state index contributed by atoms with van der Waals surface area (Å²) in [6, 6.07) is 15.6. The fourth-order valence-corrected chi connectivity index (χ4v) is 3.25. The van der Waals surface area contributed by atoms with E-state index >= 15 is 0 Å². The zero-order chi connectivity index (χ0) is 18.4. The largest absolute Gasteiger partial charge is 0.497 e. The van der Waals surface area contributed by atoms with Crippen LogP contribution in [-0.4, -0.2) is 56.1 Å². The number of morpholine rings is 1. The molecule has 0 aliphatic carbocycles. The van der Waals surface area contributed by atoms with Crippen molar-refractivity contribution >= 4 is 15.9 Å². The first-order valence-electron chi connectivity index (χ1n) is 8.68. The van der Waals surface area contributed by atoms with E-state index in [1.165, 1.54) is 0 Å². The van der Waals surface area contributed by atoms with Crippen LogP contribution < -0.4 is 9.47 Å². The van der Waals surface area contributed by atoms with E-state index < -0.39 is 6.10 Å². The molecule has 1 aliphatic rings. The normalized spacial score (nSPS) is 19.1. The summed E-state index contributed by atoms with van der Waals surface area (Å²) in [5.74, 6) is 1.43. The molecule has 1 saturated heterocycles. The lowest BCUT2D eigenvalue weighted by Crippen LogP contribution is -2.43. The Morgan fingerprint density at radius 2 is 2.00 bits per heavy atom. The van der Waals surface area contributed by atoms with Gasteiger partial charge in [-0.05, 0) is 29.8 Å². The second kappa shape index (κ2) is 9.37. The van der Waals surface area contributed by atoms with E-state index in [9.17, 15) is 5.11 Å². The number of aliphatic hydroxyl groups is 1. The van der Waals surface area contributed by atoms with Gasteiger partial charge in [0.05, 0.1) is 19.8 Å². The minimum atomic E-state index is -0.565. The van der Waals surface area contributed by atoms with Gasteiger partial charge in [-0.1, -0.05) is 34.1 Å². The van der Waals surface area contributed by atoms with Gasteiger partial charge in [0.15, 0.2) is 0 Å². The van der Waals surface area contributed by atoms with Crippen molar-refractivity contribution in [2.75, 3.05) is 40.0 Å². The highest BCUT2D eigenvalue weighted by Gasteiger charge is 2.23. The molecule has 0 spiro atoms. The highest BCUT2D eigenvalue weighted by molar-refractivity contribution is 9.10. The fraction of sp³-hybridized carbons (Fsp3) is 0.400. The van der Waals surface area contributed by atoms with Crippen LogP contribution in [0, 0.1) is 0 Å². The molecule has 0 radical (unpaired) electrons. The summed E-state index contributed by atoms with van der Waals surface area (Å²) >= 11 is 3.45. The van der Waals surface area contributed by atoms with Gasteiger partial charge in [0.25, 0.3) is 0 Å². The molecule has 3 rings (SSSR count). The van der Waals surface area contributed by atoms with Crippen LogP contribution in [0.3, 0.4) is 0 Å². The molecule has 2 aromatic rings. The number of β-amino-alcohol motifs (C(OH)–C–C–N with tert-alkyl or cyclic N) is 1. The summed E-state index contributed by atoms with van der Waals surface area (Å²) in [5.41, 5.74) is 1.15. The molecule has 0 saturated carbocycles. The smallest absolute Gasteiger partial charge is 0.123 e. The molecule has 0 aromatic heterocycles. The summed E-state index contributed by atoms with van der Waals surface area (Å²) in [7, 11) is 1.62. The van der Waals surface area contributed by atoms with Gasteiger partial charge in [0.2, 0.25) is 0 Å². The van der Waals surface area contributed by atoms with Gasteiger partial charge in [-0.3, -0.25) is 4.90 Å². The van der Waals surface area contributed by atoms with Crippen molar-refractivity contribution in [2.24, 2.45) is 0 Å². The van der Waals surface area contributed by atoms with Crippen LogP contribution in [0.4, 0.5) is 0 Å². The Labute approximate surface area is 162 Å². The maximum absolute atomic E-state index is 10.3. The van der Waals surface area contributed by atoms with Gasteiger partial charge >= 0.3 is 0 Å². The SMILES string of the molecule is COc1cccc(OCC(O)CN2CCOC(c3ccc(Br)cc3)C2)c1. The first kappa shape index (κ1) is 19.2. The van der Waals surface area contributed by atoms with Gasteiger partial charge in [-0.15, -0.1) is 0 Å². The Bertz CT molecular complexity index is 694. The maximum Gasteiger partial charge on any atom is 0.123 e. The molecule has 0 bridgehead atoms. The van der Waals surface area contributed by atoms with E-state index in [1.807, 2.05) is 36.4 Å². The monoisotopic (exact) mass is 421 g/mol. The van der Waals surface area contributed by atoms with E-state index in [1.54, 1.807) is 7.11 Å². The molecule has 6 heteroatoms. The minimum absolute atomic E-state index is 0.0309. The Morgan fingerprint density at radius 1 is 1.23 bits per heavy atom. The Morgan fingerprint density at radius 3 is 2.77 bits per heavy atom. The lowest BCUT2D eigenvalue weighted by molar-refractivity contribution is -0.0459. The van der Waals surface area contributed by atoms with E-state index in [0.29, 0.717) is 18.9 Å². The topological polar surface area (TPSA) is 51.2 Å². The van der Waals surface area contributed by atoms with Crippen molar-refractivity contribution in [2.45, 2.75) is 12.2 Å². The van der Waals surface area contributed by atoms with Crippen molar-refractivity contribution in [3.63, 3.8) is 0 Å². The third-order valence-corrected chi connectivity index (χ3v) is 4.87. The predicted molar refractivity (Wildman–Crippen MR) is 104 cm³/mol. The number of hydrogen-bond acceptors (Lipinski definition) is 5. The summed E-state index contributed by atoms with van der Waals surface area (Å²) < 4.78 is 17.8. The molecule has 0 amide bonds. The lowest BCUT2D eigenvalue weighted by Gasteiger charge is -2.34.